The smallest absolute Gasteiger partial charge is 0.0308 e. The van der Waals surface area contributed by atoms with Gasteiger partial charge in [-0.2, -0.15) is 0 Å². The third-order valence-corrected chi connectivity index (χ3v) is 2.05. The molecule has 0 aromatic rings. The first-order chi connectivity index (χ1) is 4.19. The second kappa shape index (κ2) is 2.72. The van der Waals surface area contributed by atoms with Crippen molar-refractivity contribution in [1.29, 1.82) is 0 Å². The van der Waals surface area contributed by atoms with Crippen LogP contribution in [0.4, 0.5) is 0 Å². The van der Waals surface area contributed by atoms with E-state index in [4.69, 9.17) is 1.37 Å². The van der Waals surface area contributed by atoms with Crippen molar-refractivity contribution >= 4 is 0 Å². The van der Waals surface area contributed by atoms with Gasteiger partial charge in [0.15, 0.2) is 0 Å². The van der Waals surface area contributed by atoms with Crippen LogP contribution in [0.25, 0.3) is 0 Å². The zero-order valence-corrected chi connectivity index (χ0v) is 7.58. The van der Waals surface area contributed by atoms with Crippen molar-refractivity contribution in [1.82, 2.24) is 0 Å². The van der Waals surface area contributed by atoms with Crippen LogP contribution in [0, 0.1) is 17.2 Å². The zero-order chi connectivity index (χ0) is 8.58. The number of hydrogen-bond acceptors (Lipinski definition) is 0. The summed E-state index contributed by atoms with van der Waals surface area (Å²) < 4.78 is 8.03. The summed E-state index contributed by atoms with van der Waals surface area (Å²) in [5.41, 5.74) is 0.0845. The molecule has 0 rings (SSSR count). The molecule has 0 aliphatic rings. The van der Waals surface area contributed by atoms with Crippen LogP contribution in [0.3, 0.4) is 0 Å². The van der Waals surface area contributed by atoms with Gasteiger partial charge >= 0.3 is 0 Å². The first kappa shape index (κ1) is 7.11. The van der Waals surface area contributed by atoms with Gasteiger partial charge in [-0.1, -0.05) is 41.5 Å². The molecule has 0 aliphatic carbocycles. The molecule has 1 atom stereocenters. The van der Waals surface area contributed by atoms with Crippen LogP contribution >= 0.6 is 0 Å². The van der Waals surface area contributed by atoms with E-state index < -0.39 is 0 Å². The third-order valence-electron chi connectivity index (χ3n) is 2.05. The van der Waals surface area contributed by atoms with Crippen molar-refractivity contribution < 1.29 is 1.37 Å². The average Bonchev–Trinajstić information content (AvgIpc) is 1.62. The standard InChI is InChI=1S/C9H20/c1-7(2)8(3)9(4,5)6/h7-8H,1-6H3/i8D. The van der Waals surface area contributed by atoms with E-state index in [2.05, 4.69) is 34.6 Å². The second-order valence-electron chi connectivity index (χ2n) is 4.09. The molecule has 0 fully saturated rings. The van der Waals surface area contributed by atoms with Crippen LogP contribution in [-0.2, 0) is 0 Å². The lowest BCUT2D eigenvalue weighted by atomic mass is 9.76. The highest BCUT2D eigenvalue weighted by molar-refractivity contribution is 4.71. The summed E-state index contributed by atoms with van der Waals surface area (Å²) in [5.74, 6) is 0.111. The van der Waals surface area contributed by atoms with Gasteiger partial charge in [-0.3, -0.25) is 0 Å². The molecule has 9 heavy (non-hydrogen) atoms. The minimum absolute atomic E-state index is 0.0845. The van der Waals surface area contributed by atoms with E-state index in [1.807, 2.05) is 6.92 Å². The summed E-state index contributed by atoms with van der Waals surface area (Å²) in [6.07, 6.45) is 0. The fourth-order valence-corrected chi connectivity index (χ4v) is 0.866. The molecule has 0 nitrogen and oxygen atoms in total. The lowest BCUT2D eigenvalue weighted by Crippen LogP contribution is -2.21. The first-order valence-corrected chi connectivity index (χ1v) is 3.69. The second-order valence-corrected chi connectivity index (χ2v) is 4.09. The Balaban J connectivity index is 4.40. The molecule has 56 valence electrons. The molecule has 0 radical (unpaired) electrons. The molecule has 0 spiro atoms. The van der Waals surface area contributed by atoms with Gasteiger partial charge < -0.3 is 0 Å². The lowest BCUT2D eigenvalue weighted by molar-refractivity contribution is 0.199. The molecular formula is C9H20. The molecule has 0 bridgehead atoms. The Kier molecular flexibility index (Phi) is 2.15. The summed E-state index contributed by atoms with van der Waals surface area (Å²) in [6, 6.07) is 0. The quantitative estimate of drug-likeness (QED) is 0.509. The fourth-order valence-electron chi connectivity index (χ4n) is 0.866. The average molecular weight is 129 g/mol. The molecule has 0 N–H and O–H groups in total. The van der Waals surface area contributed by atoms with Gasteiger partial charge in [0.25, 0.3) is 0 Å². The SMILES string of the molecule is [2H]C(C)(C(C)C)C(C)(C)C. The van der Waals surface area contributed by atoms with E-state index in [0.717, 1.165) is 0 Å². The minimum Gasteiger partial charge on any atom is -0.0625 e. The highest BCUT2D eigenvalue weighted by atomic mass is 14.3. The van der Waals surface area contributed by atoms with Crippen molar-refractivity contribution in [2.45, 2.75) is 41.5 Å². The fraction of sp³-hybridized carbons (Fsp3) is 1.00. The molecule has 0 aromatic carbocycles. The van der Waals surface area contributed by atoms with Gasteiger partial charge in [0, 0.05) is 1.37 Å². The van der Waals surface area contributed by atoms with Gasteiger partial charge in [-0.05, 0) is 17.2 Å². The lowest BCUT2D eigenvalue weighted by Gasteiger charge is -2.30. The molecule has 0 aliphatic heterocycles. The van der Waals surface area contributed by atoms with E-state index in [9.17, 15) is 0 Å². The normalized spacial score (nSPS) is 21.4. The Morgan fingerprint density at radius 3 is 1.44 bits per heavy atom. The predicted octanol–water partition coefficient (Wildman–Crippen LogP) is 3.32. The van der Waals surface area contributed by atoms with Gasteiger partial charge in [0.2, 0.25) is 0 Å². The Bertz CT molecular complexity index is 106. The minimum atomic E-state index is -0.312. The summed E-state index contributed by atoms with van der Waals surface area (Å²) >= 11 is 0. The highest BCUT2D eigenvalue weighted by Crippen LogP contribution is 2.30. The van der Waals surface area contributed by atoms with Crippen LogP contribution in [0.15, 0.2) is 0 Å². The maximum absolute atomic E-state index is 8.03. The Morgan fingerprint density at radius 2 is 1.44 bits per heavy atom. The van der Waals surface area contributed by atoms with E-state index >= 15 is 0 Å². The molecule has 0 amide bonds. The summed E-state index contributed by atoms with van der Waals surface area (Å²) in [4.78, 5) is 0. The van der Waals surface area contributed by atoms with Crippen LogP contribution in [0.5, 0.6) is 0 Å². The number of hydrogen-bond donors (Lipinski definition) is 0. The maximum atomic E-state index is 8.03. The van der Waals surface area contributed by atoms with Crippen molar-refractivity contribution in [3.8, 4) is 0 Å². The molecular weight excluding hydrogens is 108 g/mol. The van der Waals surface area contributed by atoms with E-state index in [1.165, 1.54) is 0 Å². The summed E-state index contributed by atoms with van der Waals surface area (Å²) in [6.45, 7) is 12.6. The van der Waals surface area contributed by atoms with E-state index in [0.29, 0.717) is 5.92 Å². The Labute approximate surface area is 61.1 Å². The van der Waals surface area contributed by atoms with Crippen molar-refractivity contribution in [2.24, 2.45) is 17.2 Å². The molecule has 1 unspecified atom stereocenters. The van der Waals surface area contributed by atoms with E-state index in [-0.39, 0.29) is 11.3 Å². The van der Waals surface area contributed by atoms with E-state index in [1.54, 1.807) is 0 Å². The summed E-state index contributed by atoms with van der Waals surface area (Å²) in [5, 5.41) is 0. The van der Waals surface area contributed by atoms with Gasteiger partial charge in [0.05, 0.1) is 0 Å². The van der Waals surface area contributed by atoms with Crippen LogP contribution in [0.1, 0.15) is 42.9 Å². The Hall–Kier alpha value is 0. The predicted molar refractivity (Wildman–Crippen MR) is 43.5 cm³/mol. The highest BCUT2D eigenvalue weighted by Gasteiger charge is 2.22. The molecule has 0 saturated heterocycles. The molecule has 0 aromatic heterocycles. The van der Waals surface area contributed by atoms with Crippen molar-refractivity contribution in [3.05, 3.63) is 0 Å². The Morgan fingerprint density at radius 1 is 1.11 bits per heavy atom. The monoisotopic (exact) mass is 129 g/mol. The zero-order valence-electron chi connectivity index (χ0n) is 8.58. The van der Waals surface area contributed by atoms with Crippen LogP contribution < -0.4 is 0 Å². The molecule has 0 heterocycles. The van der Waals surface area contributed by atoms with Crippen LogP contribution in [0.2, 0.25) is 0 Å². The maximum Gasteiger partial charge on any atom is 0.0308 e. The summed E-state index contributed by atoms with van der Waals surface area (Å²) in [7, 11) is 0. The largest absolute Gasteiger partial charge is 0.0625 e. The topological polar surface area (TPSA) is 0 Å². The third kappa shape index (κ3) is 2.88. The van der Waals surface area contributed by atoms with Gasteiger partial charge in [-0.15, -0.1) is 0 Å². The van der Waals surface area contributed by atoms with Crippen molar-refractivity contribution in [3.63, 3.8) is 0 Å². The van der Waals surface area contributed by atoms with Crippen molar-refractivity contribution in [2.75, 3.05) is 0 Å². The number of rotatable bonds is 1. The first-order valence-electron chi connectivity index (χ1n) is 4.19. The van der Waals surface area contributed by atoms with Crippen LogP contribution in [-0.4, -0.2) is 0 Å². The molecule has 0 saturated carbocycles. The molecule has 0 heteroatoms. The van der Waals surface area contributed by atoms with Gasteiger partial charge in [0.1, 0.15) is 0 Å². The van der Waals surface area contributed by atoms with Gasteiger partial charge in [-0.25, -0.2) is 0 Å².